The molecule has 0 bridgehead atoms. The van der Waals surface area contributed by atoms with E-state index in [4.69, 9.17) is 5.11 Å². The summed E-state index contributed by atoms with van der Waals surface area (Å²) in [5, 5.41) is 11.7. The minimum absolute atomic E-state index is 0.242. The molecule has 0 aromatic carbocycles. The number of carbonyl (C=O) groups is 2. The largest absolute Gasteiger partial charge is 0.480 e. The molecule has 0 heterocycles. The van der Waals surface area contributed by atoms with Crippen LogP contribution in [-0.4, -0.2) is 41.6 Å². The quantitative estimate of drug-likeness (QED) is 0.713. The van der Waals surface area contributed by atoms with E-state index in [2.05, 4.69) is 33.0 Å². The second kappa shape index (κ2) is 8.77. The highest BCUT2D eigenvalue weighted by Gasteiger charge is 2.21. The number of rotatable bonds is 8. The van der Waals surface area contributed by atoms with E-state index in [1.54, 1.807) is 0 Å². The van der Waals surface area contributed by atoms with Crippen LogP contribution in [0.1, 0.15) is 41.0 Å². The van der Waals surface area contributed by atoms with Crippen LogP contribution in [0.4, 0.5) is 4.79 Å². The maximum absolute atomic E-state index is 12.0. The molecule has 0 spiro atoms. The van der Waals surface area contributed by atoms with E-state index < -0.39 is 5.97 Å². The molecule has 0 radical (unpaired) electrons. The Kier molecular flexibility index (Phi) is 8.19. The van der Waals surface area contributed by atoms with Gasteiger partial charge in [-0.3, -0.25) is 4.79 Å². The molecule has 0 saturated carbocycles. The summed E-state index contributed by atoms with van der Waals surface area (Å²) in [7, 11) is 0. The lowest BCUT2D eigenvalue weighted by Crippen LogP contribution is -2.45. The molecule has 5 nitrogen and oxygen atoms in total. The van der Waals surface area contributed by atoms with Gasteiger partial charge in [0.2, 0.25) is 0 Å². The highest BCUT2D eigenvalue weighted by molar-refractivity contribution is 5.80. The fourth-order valence-electron chi connectivity index (χ4n) is 2.24. The van der Waals surface area contributed by atoms with Gasteiger partial charge < -0.3 is 15.3 Å². The zero-order valence-electron chi connectivity index (χ0n) is 12.8. The Hall–Kier alpha value is -1.26. The first-order valence-electron chi connectivity index (χ1n) is 7.04. The molecule has 0 unspecified atom stereocenters. The van der Waals surface area contributed by atoms with Crippen LogP contribution in [0.3, 0.4) is 0 Å². The third-order valence-electron chi connectivity index (χ3n) is 3.31. The molecule has 0 saturated heterocycles. The number of amides is 2. The van der Waals surface area contributed by atoms with Crippen LogP contribution in [0.15, 0.2) is 0 Å². The SMILES string of the molecule is CCCN(CC(=O)O)C(=O)NCC(C(C)C)C(C)C. The van der Waals surface area contributed by atoms with Gasteiger partial charge in [-0.15, -0.1) is 0 Å². The lowest BCUT2D eigenvalue weighted by Gasteiger charge is -2.27. The van der Waals surface area contributed by atoms with Crippen molar-refractivity contribution in [2.24, 2.45) is 17.8 Å². The first-order chi connectivity index (χ1) is 8.79. The maximum atomic E-state index is 12.0. The number of hydrogen-bond donors (Lipinski definition) is 2. The predicted molar refractivity (Wildman–Crippen MR) is 76.1 cm³/mol. The normalized spacial score (nSPS) is 11.2. The Morgan fingerprint density at radius 3 is 2.05 bits per heavy atom. The molecule has 2 amide bonds. The van der Waals surface area contributed by atoms with Gasteiger partial charge in [0.25, 0.3) is 0 Å². The molecule has 2 N–H and O–H groups in total. The van der Waals surface area contributed by atoms with Gasteiger partial charge in [0.1, 0.15) is 6.54 Å². The maximum Gasteiger partial charge on any atom is 0.323 e. The van der Waals surface area contributed by atoms with E-state index in [0.717, 1.165) is 6.42 Å². The van der Waals surface area contributed by atoms with E-state index in [9.17, 15) is 9.59 Å². The smallest absolute Gasteiger partial charge is 0.323 e. The molecule has 112 valence electrons. The van der Waals surface area contributed by atoms with E-state index in [-0.39, 0.29) is 12.6 Å². The van der Waals surface area contributed by atoms with Crippen LogP contribution in [0.5, 0.6) is 0 Å². The van der Waals surface area contributed by atoms with Gasteiger partial charge in [0, 0.05) is 13.1 Å². The monoisotopic (exact) mass is 272 g/mol. The number of carbonyl (C=O) groups excluding carboxylic acids is 1. The van der Waals surface area contributed by atoms with Gasteiger partial charge >= 0.3 is 12.0 Å². The summed E-state index contributed by atoms with van der Waals surface area (Å²) in [6.07, 6.45) is 0.749. The average molecular weight is 272 g/mol. The summed E-state index contributed by atoms with van der Waals surface area (Å²) in [4.78, 5) is 24.0. The third-order valence-corrected chi connectivity index (χ3v) is 3.31. The predicted octanol–water partition coefficient (Wildman–Crippen LogP) is 2.42. The number of hydrogen-bond acceptors (Lipinski definition) is 2. The summed E-state index contributed by atoms with van der Waals surface area (Å²) in [6.45, 7) is 11.3. The Balaban J connectivity index is 4.42. The summed E-state index contributed by atoms with van der Waals surface area (Å²) in [5.41, 5.74) is 0. The highest BCUT2D eigenvalue weighted by atomic mass is 16.4. The molecule has 0 rings (SSSR count). The van der Waals surface area contributed by atoms with Gasteiger partial charge in [0.05, 0.1) is 0 Å². The third kappa shape index (κ3) is 7.03. The number of nitrogens with zero attached hydrogens (tertiary/aromatic N) is 1. The fourth-order valence-corrected chi connectivity index (χ4v) is 2.24. The van der Waals surface area contributed by atoms with Crippen molar-refractivity contribution in [1.82, 2.24) is 10.2 Å². The van der Waals surface area contributed by atoms with Crippen molar-refractivity contribution >= 4 is 12.0 Å². The number of aliphatic carboxylic acids is 1. The Morgan fingerprint density at radius 2 is 1.68 bits per heavy atom. The number of carboxylic acid groups (broad SMARTS) is 1. The topological polar surface area (TPSA) is 69.6 Å². The zero-order chi connectivity index (χ0) is 15.0. The van der Waals surface area contributed by atoms with E-state index in [1.165, 1.54) is 4.90 Å². The Labute approximate surface area is 116 Å². The van der Waals surface area contributed by atoms with E-state index >= 15 is 0 Å². The second-order valence-corrected chi connectivity index (χ2v) is 5.65. The Morgan fingerprint density at radius 1 is 1.16 bits per heavy atom. The van der Waals surface area contributed by atoms with Crippen LogP contribution >= 0.6 is 0 Å². The van der Waals surface area contributed by atoms with Crippen molar-refractivity contribution < 1.29 is 14.7 Å². The lowest BCUT2D eigenvalue weighted by molar-refractivity contribution is -0.137. The minimum atomic E-state index is -0.979. The summed E-state index contributed by atoms with van der Waals surface area (Å²) in [6, 6.07) is -0.282. The van der Waals surface area contributed by atoms with Gasteiger partial charge in [-0.2, -0.15) is 0 Å². The van der Waals surface area contributed by atoms with Crippen LogP contribution in [-0.2, 0) is 4.79 Å². The second-order valence-electron chi connectivity index (χ2n) is 5.65. The lowest BCUT2D eigenvalue weighted by atomic mass is 9.85. The molecular formula is C14H28N2O3. The molecule has 19 heavy (non-hydrogen) atoms. The standard InChI is InChI=1S/C14H28N2O3/c1-6-7-16(9-13(17)18)14(19)15-8-12(10(2)3)11(4)5/h10-12H,6-9H2,1-5H3,(H,15,19)(H,17,18). The number of urea groups is 1. The van der Waals surface area contributed by atoms with E-state index in [0.29, 0.717) is 30.8 Å². The van der Waals surface area contributed by atoms with Crippen LogP contribution in [0.2, 0.25) is 0 Å². The summed E-state index contributed by atoms with van der Waals surface area (Å²) < 4.78 is 0. The van der Waals surface area contributed by atoms with E-state index in [1.807, 2.05) is 6.92 Å². The fraction of sp³-hybridized carbons (Fsp3) is 0.857. The van der Waals surface area contributed by atoms with Crippen LogP contribution < -0.4 is 5.32 Å². The number of nitrogens with one attached hydrogen (secondary N) is 1. The van der Waals surface area contributed by atoms with Gasteiger partial charge in [-0.1, -0.05) is 34.6 Å². The molecule has 0 aliphatic rings. The zero-order valence-corrected chi connectivity index (χ0v) is 12.8. The average Bonchev–Trinajstić information content (AvgIpc) is 2.26. The highest BCUT2D eigenvalue weighted by Crippen LogP contribution is 2.19. The van der Waals surface area contributed by atoms with Gasteiger partial charge in [-0.05, 0) is 24.2 Å². The van der Waals surface area contributed by atoms with Crippen molar-refractivity contribution in [3.63, 3.8) is 0 Å². The van der Waals surface area contributed by atoms with Crippen molar-refractivity contribution in [2.75, 3.05) is 19.6 Å². The molecular weight excluding hydrogens is 244 g/mol. The molecule has 0 aromatic rings. The first kappa shape index (κ1) is 17.7. The first-order valence-corrected chi connectivity index (χ1v) is 7.04. The summed E-state index contributed by atoms with van der Waals surface area (Å²) >= 11 is 0. The molecule has 0 fully saturated rings. The van der Waals surface area contributed by atoms with Gasteiger partial charge in [0.15, 0.2) is 0 Å². The molecule has 0 atom stereocenters. The van der Waals surface area contributed by atoms with Crippen LogP contribution in [0, 0.1) is 17.8 Å². The molecule has 0 aliphatic heterocycles. The van der Waals surface area contributed by atoms with Gasteiger partial charge in [-0.25, -0.2) is 4.79 Å². The number of carboxylic acids is 1. The molecule has 0 aromatic heterocycles. The molecule has 5 heteroatoms. The van der Waals surface area contributed by atoms with Crippen LogP contribution in [0.25, 0.3) is 0 Å². The van der Waals surface area contributed by atoms with Crippen molar-refractivity contribution in [2.45, 2.75) is 41.0 Å². The Bertz CT molecular complexity index is 282. The van der Waals surface area contributed by atoms with Crippen molar-refractivity contribution in [3.05, 3.63) is 0 Å². The van der Waals surface area contributed by atoms with Crippen molar-refractivity contribution in [1.29, 1.82) is 0 Å². The molecule has 0 aliphatic carbocycles. The summed E-state index contributed by atoms with van der Waals surface area (Å²) in [5.74, 6) is 0.393. The van der Waals surface area contributed by atoms with Crippen molar-refractivity contribution in [3.8, 4) is 0 Å². The minimum Gasteiger partial charge on any atom is -0.480 e.